The van der Waals surface area contributed by atoms with Crippen molar-refractivity contribution in [2.24, 2.45) is 11.3 Å². The molecule has 0 aromatic rings. The Morgan fingerprint density at radius 1 is 0.300 bits per heavy atom. The quantitative estimate of drug-likeness (QED) is 0.0831. The minimum absolute atomic E-state index is 0. The van der Waals surface area contributed by atoms with Crippen LogP contribution in [0.15, 0.2) is 0 Å². The van der Waals surface area contributed by atoms with Crippen molar-refractivity contribution in [3.05, 3.63) is 0 Å². The minimum atomic E-state index is -2.21. The van der Waals surface area contributed by atoms with E-state index in [1.165, 1.54) is 30.4 Å². The first-order valence-electron chi connectivity index (χ1n) is 29.7. The van der Waals surface area contributed by atoms with Gasteiger partial charge in [-0.05, 0) is 18.8 Å². The van der Waals surface area contributed by atoms with Crippen LogP contribution in [0.1, 0.15) is 33.6 Å². The van der Waals surface area contributed by atoms with Gasteiger partial charge < -0.3 is 202 Å². The molecule has 21 N–H and O–H groups in total. The number of quaternary nitrogens is 1. The van der Waals surface area contributed by atoms with Crippen molar-refractivity contribution in [3.63, 3.8) is 0 Å². The Balaban J connectivity index is 0.000000794. The summed E-state index contributed by atoms with van der Waals surface area (Å²) in [4.78, 5) is 0. The van der Waals surface area contributed by atoms with E-state index in [0.29, 0.717) is 5.41 Å². The second-order valence-corrected chi connectivity index (χ2v) is 25.7. The van der Waals surface area contributed by atoms with Crippen molar-refractivity contribution in [1.29, 1.82) is 0 Å². The molecule has 0 aliphatic carbocycles. The van der Waals surface area contributed by atoms with Crippen LogP contribution < -0.4 is 24.0 Å². The zero-order valence-corrected chi connectivity index (χ0v) is 52.2. The van der Waals surface area contributed by atoms with Crippen LogP contribution in [0.5, 0.6) is 0 Å². The lowest BCUT2D eigenvalue weighted by Gasteiger charge is -2.50. The standard InChI is InChI=1S/C42H70O35.C11H24N.HI/c43-1-8-29-15(50)22(57)36(64-8)72-30-9(2-44)66-38(24(59)17(30)52)74-32-11(4-46)68-40(26(61)19(32)54)76-34-13(6-48)70-42(28(63)21(34)56)77-35-14(7-49)69-41(27(62)20(35)55)75-33-12(5-47)67-39(25(60)18(33)53)73-31-10(3-45)65-37(71-29)23(58)16(31)51;1-10-6-7-12(4,5)9-11(2,3)8-10;/h8-63H,1-7H2;10H,6-9H2,1-5H3;1H/q;+1;/p-1/t8-,9-,10-,11-,12-,13-,14-,15-,16-,17-,18-,19-,20-,21-,22-,23-,24-,25-,26-,27-,28-,29-,30-,31-,32-,33-,34-,35-,36-,37-,38-,39-,40-,41-,42-;;/m1../s1. The first-order chi connectivity index (χ1) is 42.0. The molecule has 528 valence electrons. The minimum Gasteiger partial charge on any atom is -1.00 e. The fraction of sp³-hybridized carbons (Fsp3) is 1.00. The topological polar surface area (TPSA) is 554 Å². The van der Waals surface area contributed by atoms with Crippen molar-refractivity contribution in [3.8, 4) is 0 Å². The van der Waals surface area contributed by atoms with Gasteiger partial charge in [-0.3, -0.25) is 0 Å². The molecule has 0 saturated carbocycles. The van der Waals surface area contributed by atoms with Gasteiger partial charge in [0, 0.05) is 5.41 Å². The third-order valence-electron chi connectivity index (χ3n) is 17.8. The van der Waals surface area contributed by atoms with E-state index in [4.69, 9.17) is 66.3 Å². The summed E-state index contributed by atoms with van der Waals surface area (Å²) in [7, 11) is 4.72. The molecule has 22 heterocycles. The normalized spacial score (nSPS) is 51.9. The number of hydrogen-bond donors (Lipinski definition) is 21. The summed E-state index contributed by atoms with van der Waals surface area (Å²) in [5, 5.41) is 230. The molecule has 90 heavy (non-hydrogen) atoms. The van der Waals surface area contributed by atoms with Gasteiger partial charge in [-0.25, -0.2) is 0 Å². The molecule has 22 rings (SSSR count). The van der Waals surface area contributed by atoms with Crippen LogP contribution >= 0.6 is 0 Å². The number of halogens is 1. The highest BCUT2D eigenvalue weighted by molar-refractivity contribution is 5.02. The molecule has 0 aromatic carbocycles. The van der Waals surface area contributed by atoms with Gasteiger partial charge in [-0.1, -0.05) is 20.8 Å². The summed E-state index contributed by atoms with van der Waals surface area (Å²) >= 11 is 0. The van der Waals surface area contributed by atoms with E-state index in [1.54, 1.807) is 0 Å². The van der Waals surface area contributed by atoms with Gasteiger partial charge in [0.2, 0.25) is 0 Å². The van der Waals surface area contributed by atoms with E-state index in [2.05, 4.69) is 34.9 Å². The Morgan fingerprint density at radius 3 is 0.622 bits per heavy atom. The Morgan fingerprint density at radius 2 is 0.467 bits per heavy atom. The van der Waals surface area contributed by atoms with Gasteiger partial charge in [-0.2, -0.15) is 0 Å². The highest BCUT2D eigenvalue weighted by Crippen LogP contribution is 2.40. The number of nitrogens with zero attached hydrogens (tertiary/aromatic N) is 1. The smallest absolute Gasteiger partial charge is 0.187 e. The Bertz CT molecular complexity index is 1810. The highest BCUT2D eigenvalue weighted by Gasteiger charge is 2.59. The first kappa shape index (κ1) is 76.7. The number of rotatable bonds is 7. The lowest BCUT2D eigenvalue weighted by Crippen LogP contribution is -3.00. The average molecular weight is 1430 g/mol. The molecule has 0 aromatic heterocycles. The van der Waals surface area contributed by atoms with Crippen LogP contribution in [0, 0.1) is 11.3 Å². The lowest BCUT2D eigenvalue weighted by molar-refractivity contribution is -0.895. The predicted octanol–water partition coefficient (Wildman–Crippen LogP) is -15.7. The summed E-state index contributed by atoms with van der Waals surface area (Å²) in [5.74, 6) is 0.917. The Hall–Kier alpha value is -0.710. The summed E-state index contributed by atoms with van der Waals surface area (Å²) in [6.07, 6.45) is -67.4. The van der Waals surface area contributed by atoms with Crippen LogP contribution in [-0.4, -0.2) is 400 Å². The average Bonchev–Trinajstić information content (AvgIpc) is 1.12. The fourth-order valence-corrected chi connectivity index (χ4v) is 13.3. The van der Waals surface area contributed by atoms with Gasteiger partial charge in [-0.15, -0.1) is 0 Å². The van der Waals surface area contributed by atoms with Crippen LogP contribution in [0.25, 0.3) is 0 Å². The molecule has 0 amide bonds. The van der Waals surface area contributed by atoms with E-state index < -0.39 is 261 Å². The second-order valence-electron chi connectivity index (χ2n) is 25.7. The highest BCUT2D eigenvalue weighted by atomic mass is 127. The largest absolute Gasteiger partial charge is 1.00 e. The van der Waals surface area contributed by atoms with Gasteiger partial charge in [0.05, 0.1) is 73.4 Å². The zero-order valence-electron chi connectivity index (χ0n) is 50.0. The molecule has 22 aliphatic heterocycles. The molecule has 22 aliphatic rings. The summed E-state index contributed by atoms with van der Waals surface area (Å²) in [5.41, 5.74) is 0.541. The van der Waals surface area contributed by atoms with Crippen LogP contribution in [0.3, 0.4) is 0 Å². The molecular weight excluding hydrogens is 1340 g/mol. The van der Waals surface area contributed by atoms with Crippen LogP contribution in [0.4, 0.5) is 0 Å². The Kier molecular flexibility index (Phi) is 27.5. The molecular formula is C53H94INO35. The van der Waals surface area contributed by atoms with E-state index in [0.717, 1.165) is 5.92 Å². The summed E-state index contributed by atoms with van der Waals surface area (Å²) in [6, 6.07) is 0. The van der Waals surface area contributed by atoms with Gasteiger partial charge >= 0.3 is 0 Å². The molecule has 22 saturated heterocycles. The van der Waals surface area contributed by atoms with E-state index >= 15 is 0 Å². The van der Waals surface area contributed by atoms with Crippen LogP contribution in [-0.2, 0) is 66.3 Å². The maximum absolute atomic E-state index is 11.3. The SMILES string of the molecule is CC1CC[N+](C)(C)CC(C)(C)C1.OC[C@H]1O[C@@H]2O[C@H]3[C@H](O)[C@@H](O)[C@@H](O[C@H]4[C@H](O)[C@@H](O)[C@@H](O[C@H]5[C@H](O)[C@@H](O)[C@@H](O[C@H]6[C@H](O)[C@@H](O)[C@@H](O[C@H]7[C@H](O)[C@@H](O)[C@@H](O[C@H]8[C@H](O)[C@@H](O)[C@@H](O[C@H]1[C@H](O)[C@H]2O)O[C@@H]8CO)O[C@@H]7CO)O[C@@H]6CO)O[C@@H]5CO)O[C@@H]4CO)O[C@@H]3CO.[I-]. The monoisotopic (exact) mass is 1430 g/mol. The Labute approximate surface area is 533 Å². The molecule has 22 fully saturated rings. The number of ether oxygens (including phenoxy) is 14. The van der Waals surface area contributed by atoms with E-state index in [9.17, 15) is 107 Å². The fourth-order valence-electron chi connectivity index (χ4n) is 13.3. The van der Waals surface area contributed by atoms with Crippen molar-refractivity contribution in [2.45, 2.75) is 249 Å². The molecule has 0 spiro atoms. The third-order valence-corrected chi connectivity index (χ3v) is 17.8. The number of likely N-dealkylation sites (tertiary alicyclic amines) is 1. The van der Waals surface area contributed by atoms with Crippen molar-refractivity contribution in [1.82, 2.24) is 0 Å². The first-order valence-corrected chi connectivity index (χ1v) is 29.7. The molecule has 37 heteroatoms. The molecule has 0 radical (unpaired) electrons. The second kappa shape index (κ2) is 32.3. The van der Waals surface area contributed by atoms with Crippen molar-refractivity contribution < 1.29 is 202 Å². The number of hydrogen-bond acceptors (Lipinski definition) is 35. The van der Waals surface area contributed by atoms with Gasteiger partial charge in [0.15, 0.2) is 44.0 Å². The number of aliphatic hydroxyl groups is 21. The van der Waals surface area contributed by atoms with E-state index in [-0.39, 0.29) is 24.0 Å². The lowest BCUT2D eigenvalue weighted by atomic mass is 9.83. The van der Waals surface area contributed by atoms with Crippen LogP contribution in [0.2, 0.25) is 0 Å². The van der Waals surface area contributed by atoms with Crippen molar-refractivity contribution >= 4 is 0 Å². The molecule has 1 unspecified atom stereocenters. The van der Waals surface area contributed by atoms with E-state index in [1.807, 2.05) is 0 Å². The molecule has 36 nitrogen and oxygen atoms in total. The van der Waals surface area contributed by atoms with Gasteiger partial charge in [0.25, 0.3) is 0 Å². The maximum atomic E-state index is 11.3. The number of aliphatic hydroxyl groups excluding tert-OH is 21. The summed E-state index contributed by atoms with van der Waals surface area (Å²) in [6.45, 7) is 2.57. The predicted molar refractivity (Wildman–Crippen MR) is 282 cm³/mol. The summed E-state index contributed by atoms with van der Waals surface area (Å²) < 4.78 is 80.7. The maximum Gasteiger partial charge on any atom is 0.187 e. The third kappa shape index (κ3) is 16.5. The molecule has 14 bridgehead atoms. The van der Waals surface area contributed by atoms with Gasteiger partial charge in [0.1, 0.15) is 171 Å². The molecule has 36 atom stereocenters. The van der Waals surface area contributed by atoms with Crippen molar-refractivity contribution in [2.75, 3.05) is 73.4 Å². The zero-order chi connectivity index (χ0) is 65.5.